The van der Waals surface area contributed by atoms with Gasteiger partial charge in [-0.05, 0) is 62.7 Å². The normalized spacial score (nSPS) is 14.3. The van der Waals surface area contributed by atoms with E-state index in [-0.39, 0.29) is 17.4 Å². The fraction of sp³-hybridized carbons (Fsp3) is 0.292. The van der Waals surface area contributed by atoms with Gasteiger partial charge in [0, 0.05) is 24.1 Å². The molecule has 5 rings (SSSR count). The Kier molecular flexibility index (Phi) is 6.27. The molecule has 5 heterocycles. The van der Waals surface area contributed by atoms with Crippen molar-refractivity contribution in [2.75, 3.05) is 30.3 Å². The van der Waals surface area contributed by atoms with Crippen LogP contribution in [0.25, 0.3) is 17.0 Å². The maximum atomic E-state index is 13.2. The molecular weight excluding hydrogens is 473 g/mol. The molecule has 9 nitrogen and oxygen atoms in total. The minimum atomic E-state index is -4.59. The monoisotopic (exact) mass is 496 g/mol. The van der Waals surface area contributed by atoms with Crippen molar-refractivity contribution in [3.05, 3.63) is 60.0 Å². The molecule has 1 aliphatic rings. The van der Waals surface area contributed by atoms with Crippen LogP contribution in [-0.2, 0) is 11.0 Å². The standard InChI is InChI=1S/C24H23F3N8O/c1-15-11-18-23(29-16-7-8-28-20(12-16)31-21(36)14-34-9-2-3-10-34)32-22(33-35(18)13-15)17-5-4-6-19(30-17)24(25,26)27/h4-8,11-13H,2-3,9-10,14H2,1H3,(H2,28,29,31,32,33,36). The zero-order valence-corrected chi connectivity index (χ0v) is 19.4. The number of hydrogen-bond donors (Lipinski definition) is 2. The van der Waals surface area contributed by atoms with Crippen molar-refractivity contribution in [3.8, 4) is 11.5 Å². The van der Waals surface area contributed by atoms with Crippen LogP contribution in [0.4, 0.5) is 30.5 Å². The van der Waals surface area contributed by atoms with Gasteiger partial charge in [0.1, 0.15) is 22.7 Å². The van der Waals surface area contributed by atoms with Crippen LogP contribution in [0.15, 0.2) is 48.8 Å². The maximum absolute atomic E-state index is 13.2. The summed E-state index contributed by atoms with van der Waals surface area (Å²) in [4.78, 5) is 26.9. The van der Waals surface area contributed by atoms with Crippen molar-refractivity contribution in [3.63, 3.8) is 0 Å². The van der Waals surface area contributed by atoms with Crippen LogP contribution >= 0.6 is 0 Å². The van der Waals surface area contributed by atoms with Crippen LogP contribution in [0.1, 0.15) is 24.1 Å². The number of carbonyl (C=O) groups is 1. The quantitative estimate of drug-likeness (QED) is 0.411. The van der Waals surface area contributed by atoms with Gasteiger partial charge in [-0.15, -0.1) is 5.10 Å². The molecule has 2 N–H and O–H groups in total. The number of amides is 1. The second kappa shape index (κ2) is 9.53. The van der Waals surface area contributed by atoms with E-state index >= 15 is 0 Å². The number of hydrogen-bond acceptors (Lipinski definition) is 7. The third-order valence-electron chi connectivity index (χ3n) is 5.72. The fourth-order valence-corrected chi connectivity index (χ4v) is 4.09. The second-order valence-corrected chi connectivity index (χ2v) is 8.62. The summed E-state index contributed by atoms with van der Waals surface area (Å²) in [6.45, 7) is 4.00. The Labute approximate surface area is 204 Å². The molecule has 12 heteroatoms. The molecule has 4 aromatic rings. The van der Waals surface area contributed by atoms with Gasteiger partial charge < -0.3 is 10.6 Å². The average molecular weight is 496 g/mol. The lowest BCUT2D eigenvalue weighted by Gasteiger charge is -2.14. The van der Waals surface area contributed by atoms with Crippen molar-refractivity contribution in [2.45, 2.75) is 25.9 Å². The average Bonchev–Trinajstić information content (AvgIpc) is 3.47. The zero-order chi connectivity index (χ0) is 25.3. The van der Waals surface area contributed by atoms with E-state index in [9.17, 15) is 18.0 Å². The van der Waals surface area contributed by atoms with E-state index < -0.39 is 11.9 Å². The summed E-state index contributed by atoms with van der Waals surface area (Å²) in [7, 11) is 0. The van der Waals surface area contributed by atoms with E-state index in [0.29, 0.717) is 29.4 Å². The Bertz CT molecular complexity index is 1410. The Morgan fingerprint density at radius 3 is 2.69 bits per heavy atom. The van der Waals surface area contributed by atoms with Gasteiger partial charge in [-0.2, -0.15) is 13.2 Å². The molecule has 4 aromatic heterocycles. The molecule has 0 saturated carbocycles. The summed E-state index contributed by atoms with van der Waals surface area (Å²) in [5, 5.41) is 10.3. The summed E-state index contributed by atoms with van der Waals surface area (Å²) in [6, 6.07) is 8.82. The number of likely N-dealkylation sites (tertiary alicyclic amines) is 1. The van der Waals surface area contributed by atoms with Crippen LogP contribution in [0.3, 0.4) is 0 Å². The number of aromatic nitrogens is 5. The number of rotatable bonds is 6. The number of halogens is 3. The number of anilines is 3. The second-order valence-electron chi connectivity index (χ2n) is 8.62. The third kappa shape index (κ3) is 5.28. The van der Waals surface area contributed by atoms with Crippen LogP contribution < -0.4 is 10.6 Å². The van der Waals surface area contributed by atoms with E-state index in [1.165, 1.54) is 12.1 Å². The number of fused-ring (bicyclic) bond motifs is 1. The highest BCUT2D eigenvalue weighted by molar-refractivity contribution is 5.92. The predicted octanol–water partition coefficient (Wildman–Crippen LogP) is 4.29. The molecular formula is C24H23F3N8O. The Morgan fingerprint density at radius 1 is 1.11 bits per heavy atom. The van der Waals surface area contributed by atoms with Crippen LogP contribution in [0.5, 0.6) is 0 Å². The van der Waals surface area contributed by atoms with E-state index in [1.54, 1.807) is 29.0 Å². The zero-order valence-electron chi connectivity index (χ0n) is 19.4. The number of nitrogens with one attached hydrogen (secondary N) is 2. The van der Waals surface area contributed by atoms with Gasteiger partial charge in [0.05, 0.1) is 6.54 Å². The molecule has 1 aliphatic heterocycles. The van der Waals surface area contributed by atoms with Crippen molar-refractivity contribution in [1.82, 2.24) is 29.5 Å². The van der Waals surface area contributed by atoms with Gasteiger partial charge >= 0.3 is 6.18 Å². The van der Waals surface area contributed by atoms with Crippen molar-refractivity contribution < 1.29 is 18.0 Å². The minimum Gasteiger partial charge on any atom is -0.338 e. The molecule has 0 unspecified atom stereocenters. The first-order chi connectivity index (χ1) is 17.2. The molecule has 0 aromatic carbocycles. The first-order valence-corrected chi connectivity index (χ1v) is 11.4. The number of alkyl halides is 3. The maximum Gasteiger partial charge on any atom is 0.433 e. The summed E-state index contributed by atoms with van der Waals surface area (Å²) in [6.07, 6.45) is 0.893. The Balaban J connectivity index is 1.43. The lowest BCUT2D eigenvalue weighted by atomic mass is 10.3. The highest BCUT2D eigenvalue weighted by Gasteiger charge is 2.32. The molecule has 0 atom stereocenters. The fourth-order valence-electron chi connectivity index (χ4n) is 4.09. The van der Waals surface area contributed by atoms with E-state index in [0.717, 1.165) is 37.6 Å². The molecule has 1 saturated heterocycles. The lowest BCUT2D eigenvalue weighted by Crippen LogP contribution is -2.31. The highest BCUT2D eigenvalue weighted by Crippen LogP contribution is 2.30. The summed E-state index contributed by atoms with van der Waals surface area (Å²) >= 11 is 0. The van der Waals surface area contributed by atoms with Gasteiger partial charge in [-0.25, -0.2) is 19.5 Å². The van der Waals surface area contributed by atoms with Crippen molar-refractivity contribution >= 4 is 28.7 Å². The predicted molar refractivity (Wildman–Crippen MR) is 128 cm³/mol. The first-order valence-electron chi connectivity index (χ1n) is 11.4. The number of carbonyl (C=O) groups excluding carboxylic acids is 1. The molecule has 1 fully saturated rings. The Morgan fingerprint density at radius 2 is 1.92 bits per heavy atom. The first kappa shape index (κ1) is 23.7. The van der Waals surface area contributed by atoms with Gasteiger partial charge in [0.25, 0.3) is 0 Å². The molecule has 0 aliphatic carbocycles. The Hall–Kier alpha value is -4.06. The SMILES string of the molecule is Cc1cc2c(Nc3ccnc(NC(=O)CN4CCCC4)c3)nc(-c3cccc(C(F)(F)F)n3)nn2c1. The van der Waals surface area contributed by atoms with Gasteiger partial charge in [-0.1, -0.05) is 6.07 Å². The number of nitrogens with zero attached hydrogens (tertiary/aromatic N) is 6. The summed E-state index contributed by atoms with van der Waals surface area (Å²) in [5.41, 5.74) is 1.07. The molecule has 186 valence electrons. The van der Waals surface area contributed by atoms with Crippen LogP contribution in [0.2, 0.25) is 0 Å². The molecule has 36 heavy (non-hydrogen) atoms. The van der Waals surface area contributed by atoms with Gasteiger partial charge in [0.15, 0.2) is 5.82 Å². The topological polar surface area (TPSA) is 100 Å². The van der Waals surface area contributed by atoms with Crippen LogP contribution in [-0.4, -0.2) is 55.0 Å². The van der Waals surface area contributed by atoms with E-state index in [4.69, 9.17) is 0 Å². The van der Waals surface area contributed by atoms with Gasteiger partial charge in [-0.3, -0.25) is 9.69 Å². The largest absolute Gasteiger partial charge is 0.433 e. The molecule has 0 bridgehead atoms. The summed E-state index contributed by atoms with van der Waals surface area (Å²) < 4.78 is 41.1. The molecule has 1 amide bonds. The summed E-state index contributed by atoms with van der Waals surface area (Å²) in [5.74, 6) is 0.624. The third-order valence-corrected chi connectivity index (χ3v) is 5.72. The number of pyridine rings is 2. The highest BCUT2D eigenvalue weighted by atomic mass is 19.4. The smallest absolute Gasteiger partial charge is 0.338 e. The lowest BCUT2D eigenvalue weighted by molar-refractivity contribution is -0.141. The molecule has 0 radical (unpaired) electrons. The van der Waals surface area contributed by atoms with Gasteiger partial charge in [0.2, 0.25) is 11.7 Å². The van der Waals surface area contributed by atoms with Crippen molar-refractivity contribution in [2.24, 2.45) is 0 Å². The van der Waals surface area contributed by atoms with E-state index in [2.05, 4.69) is 35.6 Å². The van der Waals surface area contributed by atoms with E-state index in [1.807, 2.05) is 13.0 Å². The minimum absolute atomic E-state index is 0.00859. The van der Waals surface area contributed by atoms with Crippen molar-refractivity contribution in [1.29, 1.82) is 0 Å². The number of aryl methyl sites for hydroxylation is 1. The van der Waals surface area contributed by atoms with Crippen LogP contribution in [0, 0.1) is 6.92 Å². The molecule has 0 spiro atoms.